The van der Waals surface area contributed by atoms with Crippen LogP contribution >= 0.6 is 0 Å². The molecule has 0 aromatic heterocycles. The second-order valence-electron chi connectivity index (χ2n) is 5.01. The summed E-state index contributed by atoms with van der Waals surface area (Å²) in [5.74, 6) is -0.399. The predicted octanol–water partition coefficient (Wildman–Crippen LogP) is 3.03. The van der Waals surface area contributed by atoms with Gasteiger partial charge < -0.3 is 9.47 Å². The van der Waals surface area contributed by atoms with Crippen molar-refractivity contribution >= 4 is 0 Å². The zero-order valence-electron chi connectivity index (χ0n) is 9.38. The third-order valence-corrected chi connectivity index (χ3v) is 3.16. The Morgan fingerprint density at radius 1 is 1.14 bits per heavy atom. The fourth-order valence-corrected chi connectivity index (χ4v) is 2.55. The summed E-state index contributed by atoms with van der Waals surface area (Å²) in [6, 6.07) is 0. The first kappa shape index (κ1) is 10.2. The van der Waals surface area contributed by atoms with E-state index in [1.165, 1.54) is 0 Å². The van der Waals surface area contributed by atoms with E-state index in [2.05, 4.69) is 19.1 Å². The molecule has 1 saturated heterocycles. The zero-order valence-corrected chi connectivity index (χ0v) is 9.38. The van der Waals surface area contributed by atoms with E-state index in [9.17, 15) is 0 Å². The van der Waals surface area contributed by atoms with Crippen LogP contribution in [0.1, 0.15) is 46.5 Å². The molecule has 2 nitrogen and oxygen atoms in total. The SMILES string of the molecule is CC1(C)OC2CC/C=C/CC[C@]2(C)O1. The van der Waals surface area contributed by atoms with Crippen LogP contribution in [0, 0.1) is 0 Å². The second-order valence-corrected chi connectivity index (χ2v) is 5.01. The van der Waals surface area contributed by atoms with Crippen LogP contribution in [0.25, 0.3) is 0 Å². The van der Waals surface area contributed by atoms with E-state index < -0.39 is 5.79 Å². The summed E-state index contributed by atoms with van der Waals surface area (Å²) in [6.45, 7) is 6.21. The number of rotatable bonds is 0. The highest BCUT2D eigenvalue weighted by Gasteiger charge is 2.49. The van der Waals surface area contributed by atoms with Gasteiger partial charge in [0.25, 0.3) is 0 Å². The maximum absolute atomic E-state index is 6.02. The van der Waals surface area contributed by atoms with Crippen LogP contribution in [-0.2, 0) is 9.47 Å². The predicted molar refractivity (Wildman–Crippen MR) is 56.1 cm³/mol. The molecule has 1 fully saturated rings. The van der Waals surface area contributed by atoms with Gasteiger partial charge in [0.15, 0.2) is 5.79 Å². The molecule has 1 unspecified atom stereocenters. The standard InChI is InChI=1S/C12H20O2/c1-11(2)13-10-8-6-4-5-7-9-12(10,3)14-11/h4-5,10H,6-9H2,1-3H3/b5-4+/t10?,12-/m0/s1. The molecule has 2 rings (SSSR count). The minimum absolute atomic E-state index is 0.0751. The van der Waals surface area contributed by atoms with Gasteiger partial charge >= 0.3 is 0 Å². The van der Waals surface area contributed by atoms with Crippen molar-refractivity contribution in [3.8, 4) is 0 Å². The topological polar surface area (TPSA) is 18.5 Å². The van der Waals surface area contributed by atoms with Gasteiger partial charge in [0, 0.05) is 0 Å². The van der Waals surface area contributed by atoms with E-state index in [4.69, 9.17) is 9.47 Å². The monoisotopic (exact) mass is 196 g/mol. The Bertz CT molecular complexity index is 245. The number of allylic oxidation sites excluding steroid dienone is 2. The van der Waals surface area contributed by atoms with Gasteiger partial charge in [-0.2, -0.15) is 0 Å². The molecule has 1 heterocycles. The van der Waals surface area contributed by atoms with Gasteiger partial charge in [-0.25, -0.2) is 0 Å². The molecule has 0 N–H and O–H groups in total. The van der Waals surface area contributed by atoms with Gasteiger partial charge in [0.05, 0.1) is 11.7 Å². The van der Waals surface area contributed by atoms with Crippen LogP contribution in [0.5, 0.6) is 0 Å². The Balaban J connectivity index is 2.16. The van der Waals surface area contributed by atoms with Crippen molar-refractivity contribution in [1.82, 2.24) is 0 Å². The largest absolute Gasteiger partial charge is 0.344 e. The van der Waals surface area contributed by atoms with E-state index >= 15 is 0 Å². The van der Waals surface area contributed by atoms with Crippen molar-refractivity contribution in [3.05, 3.63) is 12.2 Å². The minimum Gasteiger partial charge on any atom is -0.344 e. The molecular weight excluding hydrogens is 176 g/mol. The van der Waals surface area contributed by atoms with Gasteiger partial charge in [-0.1, -0.05) is 12.2 Å². The van der Waals surface area contributed by atoms with E-state index in [-0.39, 0.29) is 11.7 Å². The van der Waals surface area contributed by atoms with Gasteiger partial charge in [0.1, 0.15) is 0 Å². The maximum Gasteiger partial charge on any atom is 0.164 e. The average molecular weight is 196 g/mol. The molecule has 14 heavy (non-hydrogen) atoms. The molecule has 0 aromatic rings. The summed E-state index contributed by atoms with van der Waals surface area (Å²) in [4.78, 5) is 0. The first-order valence-electron chi connectivity index (χ1n) is 5.55. The molecule has 2 heteroatoms. The van der Waals surface area contributed by atoms with E-state index in [0.29, 0.717) is 0 Å². The minimum atomic E-state index is -0.399. The van der Waals surface area contributed by atoms with Crippen molar-refractivity contribution in [2.45, 2.75) is 63.9 Å². The molecule has 1 aliphatic heterocycles. The lowest BCUT2D eigenvalue weighted by Crippen LogP contribution is -2.37. The molecule has 0 bridgehead atoms. The second kappa shape index (κ2) is 3.35. The fourth-order valence-electron chi connectivity index (χ4n) is 2.55. The molecule has 2 atom stereocenters. The molecule has 1 aliphatic carbocycles. The lowest BCUT2D eigenvalue weighted by atomic mass is 9.88. The molecule has 2 aliphatic rings. The fraction of sp³-hybridized carbons (Fsp3) is 0.833. The Morgan fingerprint density at radius 2 is 1.86 bits per heavy atom. The molecule has 0 aromatic carbocycles. The Labute approximate surface area is 86.3 Å². The van der Waals surface area contributed by atoms with Crippen LogP contribution in [-0.4, -0.2) is 17.5 Å². The zero-order chi connectivity index (χ0) is 10.2. The summed E-state index contributed by atoms with van der Waals surface area (Å²) < 4.78 is 12.0. The van der Waals surface area contributed by atoms with Crippen molar-refractivity contribution < 1.29 is 9.47 Å². The Kier molecular flexibility index (Phi) is 2.44. The van der Waals surface area contributed by atoms with E-state index in [1.54, 1.807) is 0 Å². The molecular formula is C12H20O2. The molecule has 80 valence electrons. The lowest BCUT2D eigenvalue weighted by Gasteiger charge is -2.29. The number of ether oxygens (including phenoxy) is 2. The van der Waals surface area contributed by atoms with Crippen molar-refractivity contribution in [1.29, 1.82) is 0 Å². The van der Waals surface area contributed by atoms with Gasteiger partial charge in [-0.3, -0.25) is 0 Å². The van der Waals surface area contributed by atoms with Crippen molar-refractivity contribution in [3.63, 3.8) is 0 Å². The van der Waals surface area contributed by atoms with E-state index in [1.807, 2.05) is 13.8 Å². The number of fused-ring (bicyclic) bond motifs is 1. The van der Waals surface area contributed by atoms with Gasteiger partial charge in [0.2, 0.25) is 0 Å². The maximum atomic E-state index is 6.02. The third-order valence-electron chi connectivity index (χ3n) is 3.16. The summed E-state index contributed by atoms with van der Waals surface area (Å²) in [6.07, 6.45) is 9.15. The highest BCUT2D eigenvalue weighted by Crippen LogP contribution is 2.41. The highest BCUT2D eigenvalue weighted by molar-refractivity contribution is 4.98. The van der Waals surface area contributed by atoms with Crippen LogP contribution in [0.15, 0.2) is 12.2 Å². The normalized spacial score (nSPS) is 43.8. The summed E-state index contributed by atoms with van der Waals surface area (Å²) in [5, 5.41) is 0. The lowest BCUT2D eigenvalue weighted by molar-refractivity contribution is -0.161. The number of hydrogen-bond donors (Lipinski definition) is 0. The molecule has 0 saturated carbocycles. The first-order chi connectivity index (χ1) is 6.52. The molecule has 0 radical (unpaired) electrons. The van der Waals surface area contributed by atoms with Crippen molar-refractivity contribution in [2.75, 3.05) is 0 Å². The molecule has 0 spiro atoms. The smallest absolute Gasteiger partial charge is 0.164 e. The van der Waals surface area contributed by atoms with Gasteiger partial charge in [-0.15, -0.1) is 0 Å². The molecule has 0 amide bonds. The first-order valence-corrected chi connectivity index (χ1v) is 5.55. The Hall–Kier alpha value is -0.340. The van der Waals surface area contributed by atoms with Crippen LogP contribution in [0.2, 0.25) is 0 Å². The Morgan fingerprint density at radius 3 is 2.64 bits per heavy atom. The highest BCUT2D eigenvalue weighted by atomic mass is 16.8. The van der Waals surface area contributed by atoms with E-state index in [0.717, 1.165) is 25.7 Å². The van der Waals surface area contributed by atoms with Gasteiger partial charge in [-0.05, 0) is 46.5 Å². The summed E-state index contributed by atoms with van der Waals surface area (Å²) >= 11 is 0. The van der Waals surface area contributed by atoms with Crippen molar-refractivity contribution in [2.24, 2.45) is 0 Å². The van der Waals surface area contributed by atoms with Crippen LogP contribution < -0.4 is 0 Å². The number of hydrogen-bond acceptors (Lipinski definition) is 2. The van der Waals surface area contributed by atoms with Crippen LogP contribution in [0.4, 0.5) is 0 Å². The third kappa shape index (κ3) is 1.86. The summed E-state index contributed by atoms with van der Waals surface area (Å²) in [5.41, 5.74) is -0.0751. The average Bonchev–Trinajstić information content (AvgIpc) is 2.25. The quantitative estimate of drug-likeness (QED) is 0.554. The summed E-state index contributed by atoms with van der Waals surface area (Å²) in [7, 11) is 0. The van der Waals surface area contributed by atoms with Crippen LogP contribution in [0.3, 0.4) is 0 Å².